The third-order valence-electron chi connectivity index (χ3n) is 5.85. The average Bonchev–Trinajstić information content (AvgIpc) is 3.27. The van der Waals surface area contributed by atoms with Crippen LogP contribution in [0.1, 0.15) is 30.3 Å². The van der Waals surface area contributed by atoms with Crippen LogP contribution in [0.25, 0.3) is 16.6 Å². The summed E-state index contributed by atoms with van der Waals surface area (Å²) in [4.78, 5) is 28.2. The Morgan fingerprint density at radius 1 is 1.11 bits per heavy atom. The summed E-state index contributed by atoms with van der Waals surface area (Å²) in [7, 11) is 0. The van der Waals surface area contributed by atoms with Crippen molar-refractivity contribution in [2.24, 2.45) is 0 Å². The van der Waals surface area contributed by atoms with Crippen molar-refractivity contribution in [2.45, 2.75) is 18.9 Å². The van der Waals surface area contributed by atoms with Crippen molar-refractivity contribution in [3.8, 4) is 11.8 Å². The lowest BCUT2D eigenvalue weighted by Crippen LogP contribution is -2.32. The fourth-order valence-corrected chi connectivity index (χ4v) is 4.69. The minimum atomic E-state index is -0.858. The second kappa shape index (κ2) is 8.48. The highest BCUT2D eigenvalue weighted by atomic mass is 35.5. The fraction of sp³-hybridized carbons (Fsp3) is 0.174. The van der Waals surface area contributed by atoms with E-state index in [0.29, 0.717) is 31.0 Å². The highest BCUT2D eigenvalue weighted by Gasteiger charge is 2.34. The molecule has 0 bridgehead atoms. The van der Waals surface area contributed by atoms with Gasteiger partial charge in [-0.05, 0) is 37.1 Å². The van der Waals surface area contributed by atoms with Crippen molar-refractivity contribution >= 4 is 40.1 Å². The van der Waals surface area contributed by atoms with Crippen molar-refractivity contribution < 1.29 is 8.78 Å². The molecule has 1 unspecified atom stereocenters. The van der Waals surface area contributed by atoms with E-state index in [4.69, 9.17) is 28.1 Å². The maximum Gasteiger partial charge on any atom is 0.267 e. The Hall–Kier alpha value is -4.30. The van der Waals surface area contributed by atoms with Gasteiger partial charge in [0.25, 0.3) is 5.56 Å². The van der Waals surface area contributed by atoms with E-state index in [1.807, 2.05) is 6.07 Å². The van der Waals surface area contributed by atoms with E-state index in [1.54, 1.807) is 17.0 Å². The SMILES string of the molecule is N#Cc1c(N)nc(N)nc1N1CCCC1c1nc2cccc(Cl)c2c(=O)n1-c1cc(F)cc(F)c1. The largest absolute Gasteiger partial charge is 0.382 e. The van der Waals surface area contributed by atoms with Crippen LogP contribution in [0.2, 0.25) is 5.02 Å². The van der Waals surface area contributed by atoms with E-state index in [-0.39, 0.29) is 45.1 Å². The number of nitrogens with zero attached hydrogens (tertiary/aromatic N) is 6. The van der Waals surface area contributed by atoms with Gasteiger partial charge >= 0.3 is 0 Å². The molecule has 1 aliphatic rings. The summed E-state index contributed by atoms with van der Waals surface area (Å²) in [5.41, 5.74) is 11.4. The Labute approximate surface area is 202 Å². The Morgan fingerprint density at radius 3 is 2.57 bits per heavy atom. The maximum atomic E-state index is 14.2. The minimum Gasteiger partial charge on any atom is -0.382 e. The molecule has 176 valence electrons. The van der Waals surface area contributed by atoms with Gasteiger partial charge < -0.3 is 16.4 Å². The molecular weight excluding hydrogens is 478 g/mol. The molecule has 1 saturated heterocycles. The van der Waals surface area contributed by atoms with Gasteiger partial charge in [0.15, 0.2) is 5.82 Å². The van der Waals surface area contributed by atoms with Crippen molar-refractivity contribution in [3.63, 3.8) is 0 Å². The van der Waals surface area contributed by atoms with Crippen LogP contribution in [-0.4, -0.2) is 26.1 Å². The number of nitriles is 1. The maximum absolute atomic E-state index is 14.2. The Morgan fingerprint density at radius 2 is 1.86 bits per heavy atom. The topological polar surface area (TPSA) is 140 Å². The highest BCUT2D eigenvalue weighted by molar-refractivity contribution is 6.35. The van der Waals surface area contributed by atoms with Crippen molar-refractivity contribution in [1.29, 1.82) is 5.26 Å². The van der Waals surface area contributed by atoms with E-state index >= 15 is 0 Å². The monoisotopic (exact) mass is 494 g/mol. The van der Waals surface area contributed by atoms with Gasteiger partial charge in [-0.3, -0.25) is 9.36 Å². The number of nitrogens with two attached hydrogens (primary N) is 2. The Balaban J connectivity index is 1.81. The molecule has 1 aliphatic heterocycles. The molecule has 1 fully saturated rings. The second-order valence-corrected chi connectivity index (χ2v) is 8.41. The zero-order valence-corrected chi connectivity index (χ0v) is 18.8. The first-order chi connectivity index (χ1) is 16.8. The van der Waals surface area contributed by atoms with Crippen molar-refractivity contribution in [1.82, 2.24) is 19.5 Å². The molecule has 3 heterocycles. The number of hydrogen-bond acceptors (Lipinski definition) is 8. The van der Waals surface area contributed by atoms with E-state index in [0.717, 1.165) is 16.7 Å². The van der Waals surface area contributed by atoms with E-state index in [1.165, 1.54) is 6.07 Å². The zero-order chi connectivity index (χ0) is 24.9. The van der Waals surface area contributed by atoms with Crippen molar-refractivity contribution in [3.05, 3.63) is 74.8 Å². The van der Waals surface area contributed by atoms with Crippen molar-refractivity contribution in [2.75, 3.05) is 22.9 Å². The smallest absolute Gasteiger partial charge is 0.267 e. The number of rotatable bonds is 3. The number of aromatic nitrogens is 4. The number of fused-ring (bicyclic) bond motifs is 1. The molecule has 0 amide bonds. The Bertz CT molecular complexity index is 1580. The lowest BCUT2D eigenvalue weighted by molar-refractivity contribution is 0.577. The number of halogens is 3. The molecule has 1 atom stereocenters. The molecule has 0 aliphatic carbocycles. The van der Waals surface area contributed by atoms with Gasteiger partial charge in [-0.25, -0.2) is 13.8 Å². The summed E-state index contributed by atoms with van der Waals surface area (Å²) in [6, 6.07) is 9.01. The molecule has 5 rings (SSSR count). The first-order valence-electron chi connectivity index (χ1n) is 10.6. The van der Waals surface area contributed by atoms with Gasteiger partial charge in [0.1, 0.15) is 34.9 Å². The second-order valence-electron chi connectivity index (χ2n) is 8.00. The summed E-state index contributed by atoms with van der Waals surface area (Å²) >= 11 is 6.30. The predicted octanol–water partition coefficient (Wildman–Crippen LogP) is 3.48. The normalized spacial score (nSPS) is 15.5. The predicted molar refractivity (Wildman–Crippen MR) is 127 cm³/mol. The third kappa shape index (κ3) is 3.77. The summed E-state index contributed by atoms with van der Waals surface area (Å²) in [6.45, 7) is 0.441. The number of benzene rings is 2. The molecule has 12 heteroatoms. The van der Waals surface area contributed by atoms with Crippen LogP contribution < -0.4 is 21.9 Å². The van der Waals surface area contributed by atoms with Gasteiger partial charge in [-0.15, -0.1) is 0 Å². The van der Waals surface area contributed by atoms with Crippen LogP contribution in [0.4, 0.5) is 26.4 Å². The van der Waals surface area contributed by atoms with E-state index in [2.05, 4.69) is 9.97 Å². The molecule has 9 nitrogen and oxygen atoms in total. The van der Waals surface area contributed by atoms with Gasteiger partial charge in [-0.2, -0.15) is 15.2 Å². The molecular formula is C23H17ClF2N8O. The average molecular weight is 495 g/mol. The molecule has 0 saturated carbocycles. The first-order valence-corrected chi connectivity index (χ1v) is 10.9. The fourth-order valence-electron chi connectivity index (χ4n) is 4.44. The first kappa shape index (κ1) is 22.5. The van der Waals surface area contributed by atoms with E-state index in [9.17, 15) is 18.8 Å². The quantitative estimate of drug-likeness (QED) is 0.441. The zero-order valence-electron chi connectivity index (χ0n) is 18.0. The summed E-state index contributed by atoms with van der Waals surface area (Å²) < 4.78 is 29.5. The number of nitrogen functional groups attached to an aromatic ring is 2. The molecule has 0 radical (unpaired) electrons. The minimum absolute atomic E-state index is 0.0284. The number of anilines is 3. The third-order valence-corrected chi connectivity index (χ3v) is 6.16. The van der Waals surface area contributed by atoms with Crippen LogP contribution in [0.5, 0.6) is 0 Å². The molecule has 0 spiro atoms. The molecule has 4 N–H and O–H groups in total. The van der Waals surface area contributed by atoms with Crippen LogP contribution in [0.3, 0.4) is 0 Å². The standard InChI is InChI=1S/C23H17ClF2N8O/c24-15-3-1-4-16-18(15)22(35)34(13-8-11(25)7-12(26)9-13)21(30-16)17-5-2-6-33(17)20-14(10-27)19(28)31-23(29)32-20/h1,3-4,7-9,17H,2,5-6H2,(H4,28,29,31,32). The van der Waals surface area contributed by atoms with Gasteiger partial charge in [-0.1, -0.05) is 17.7 Å². The summed E-state index contributed by atoms with van der Waals surface area (Å²) in [6.07, 6.45) is 1.16. The van der Waals surface area contributed by atoms with Crippen LogP contribution in [-0.2, 0) is 0 Å². The molecule has 2 aromatic carbocycles. The molecule has 4 aromatic rings. The molecule has 35 heavy (non-hydrogen) atoms. The van der Waals surface area contributed by atoms with Crippen LogP contribution in [0, 0.1) is 23.0 Å². The van der Waals surface area contributed by atoms with Crippen LogP contribution in [0.15, 0.2) is 41.2 Å². The molecule has 2 aromatic heterocycles. The lowest BCUT2D eigenvalue weighted by Gasteiger charge is -2.28. The summed E-state index contributed by atoms with van der Waals surface area (Å²) in [5, 5.41) is 9.94. The van der Waals surface area contributed by atoms with E-state index < -0.39 is 23.2 Å². The van der Waals surface area contributed by atoms with Crippen LogP contribution >= 0.6 is 11.6 Å². The summed E-state index contributed by atoms with van der Waals surface area (Å²) in [5.74, 6) is -1.52. The van der Waals surface area contributed by atoms with Gasteiger partial charge in [0.05, 0.1) is 27.7 Å². The lowest BCUT2D eigenvalue weighted by atomic mass is 10.1. The van der Waals surface area contributed by atoms with Gasteiger partial charge in [0.2, 0.25) is 5.95 Å². The highest BCUT2D eigenvalue weighted by Crippen LogP contribution is 2.38. The Kier molecular flexibility index (Phi) is 5.45. The van der Waals surface area contributed by atoms with Gasteiger partial charge in [0, 0.05) is 12.6 Å². The number of hydrogen-bond donors (Lipinski definition) is 2.